The van der Waals surface area contributed by atoms with Gasteiger partial charge >= 0.3 is 0 Å². The quantitative estimate of drug-likeness (QED) is 0.821. The second kappa shape index (κ2) is 8.37. The van der Waals surface area contributed by atoms with Gasteiger partial charge in [-0.1, -0.05) is 0 Å². The van der Waals surface area contributed by atoms with Gasteiger partial charge < -0.3 is 10.1 Å². The van der Waals surface area contributed by atoms with Crippen LogP contribution in [-0.2, 0) is 11.3 Å². The summed E-state index contributed by atoms with van der Waals surface area (Å²) in [7, 11) is 1.78. The Morgan fingerprint density at radius 1 is 1.58 bits per heavy atom. The first kappa shape index (κ1) is 15.4. The first-order valence-corrected chi connectivity index (χ1v) is 8.60. The molecule has 0 spiro atoms. The summed E-state index contributed by atoms with van der Waals surface area (Å²) < 4.78 is 6.43. The Morgan fingerprint density at radius 2 is 2.47 bits per heavy atom. The highest BCUT2D eigenvalue weighted by atomic mass is 79.9. The van der Waals surface area contributed by atoms with E-state index < -0.39 is 0 Å². The van der Waals surface area contributed by atoms with Gasteiger partial charge in [0.2, 0.25) is 0 Å². The summed E-state index contributed by atoms with van der Waals surface area (Å²) >= 11 is 5.36. The fraction of sp³-hybridized carbons (Fsp3) is 0.714. The molecular weight excluding hydrogens is 324 g/mol. The lowest BCUT2D eigenvalue weighted by atomic mass is 9.99. The lowest BCUT2D eigenvalue weighted by Gasteiger charge is -2.29. The lowest BCUT2D eigenvalue weighted by Crippen LogP contribution is -2.39. The zero-order chi connectivity index (χ0) is 13.5. The van der Waals surface area contributed by atoms with Gasteiger partial charge in [0.05, 0.1) is 6.61 Å². The molecule has 1 aliphatic heterocycles. The van der Waals surface area contributed by atoms with E-state index >= 15 is 0 Å². The number of nitrogens with one attached hydrogen (secondary N) is 1. The van der Waals surface area contributed by atoms with Gasteiger partial charge in [0, 0.05) is 41.5 Å². The number of halogens is 1. The number of ether oxygens (including phenoxy) is 1. The number of methoxy groups -OCH3 is 1. The molecule has 1 atom stereocenters. The number of hydrogen-bond donors (Lipinski definition) is 1. The fourth-order valence-corrected chi connectivity index (χ4v) is 4.05. The maximum atomic E-state index is 5.24. The van der Waals surface area contributed by atoms with Crippen LogP contribution in [0.1, 0.15) is 17.7 Å². The number of hydrogen-bond acceptors (Lipinski definition) is 4. The summed E-state index contributed by atoms with van der Waals surface area (Å²) in [6.45, 7) is 6.39. The van der Waals surface area contributed by atoms with Crippen molar-refractivity contribution in [3.63, 3.8) is 0 Å². The molecule has 19 heavy (non-hydrogen) atoms. The summed E-state index contributed by atoms with van der Waals surface area (Å²) in [5.74, 6) is 0.786. The second-order valence-electron chi connectivity index (χ2n) is 5.17. The van der Waals surface area contributed by atoms with Crippen LogP contribution in [-0.4, -0.2) is 44.8 Å². The number of rotatable bonds is 7. The highest BCUT2D eigenvalue weighted by Gasteiger charge is 2.17. The van der Waals surface area contributed by atoms with Crippen molar-refractivity contribution in [1.82, 2.24) is 10.2 Å². The van der Waals surface area contributed by atoms with E-state index in [2.05, 4.69) is 37.6 Å². The molecule has 1 aromatic rings. The van der Waals surface area contributed by atoms with Gasteiger partial charge in [0.15, 0.2) is 0 Å². The molecule has 0 saturated carbocycles. The van der Waals surface area contributed by atoms with Crippen LogP contribution in [0.2, 0.25) is 0 Å². The standard InChI is InChI=1S/C14H23BrN2OS/c1-18-6-5-17(9-12-3-2-4-16-8-12)10-14-7-13(15)11-19-14/h7,11-12,16H,2-6,8-10H2,1H3. The van der Waals surface area contributed by atoms with Crippen LogP contribution in [0, 0.1) is 5.92 Å². The molecule has 1 aliphatic rings. The molecule has 0 amide bonds. The minimum Gasteiger partial charge on any atom is -0.383 e. The molecule has 5 heteroatoms. The third-order valence-corrected chi connectivity index (χ3v) is 5.21. The number of thiophene rings is 1. The summed E-state index contributed by atoms with van der Waals surface area (Å²) in [4.78, 5) is 3.95. The molecule has 0 aromatic carbocycles. The zero-order valence-corrected chi connectivity index (χ0v) is 13.9. The van der Waals surface area contributed by atoms with Crippen molar-refractivity contribution >= 4 is 27.3 Å². The largest absolute Gasteiger partial charge is 0.383 e. The Kier molecular flexibility index (Phi) is 6.81. The molecular formula is C14H23BrN2OS. The Labute approximate surface area is 128 Å². The first-order valence-electron chi connectivity index (χ1n) is 6.93. The first-order chi connectivity index (χ1) is 9.28. The van der Waals surface area contributed by atoms with Gasteiger partial charge in [-0.25, -0.2) is 0 Å². The molecule has 0 aliphatic carbocycles. The molecule has 108 valence electrons. The third kappa shape index (κ3) is 5.52. The van der Waals surface area contributed by atoms with Crippen molar-refractivity contribution in [3.8, 4) is 0 Å². The fourth-order valence-electron chi connectivity index (χ4n) is 2.56. The number of nitrogens with zero attached hydrogens (tertiary/aromatic N) is 1. The highest BCUT2D eigenvalue weighted by molar-refractivity contribution is 9.10. The summed E-state index contributed by atoms with van der Waals surface area (Å²) in [6, 6.07) is 2.23. The molecule has 1 saturated heterocycles. The van der Waals surface area contributed by atoms with Crippen LogP contribution in [0.15, 0.2) is 15.9 Å². The van der Waals surface area contributed by atoms with Crippen LogP contribution < -0.4 is 5.32 Å². The maximum absolute atomic E-state index is 5.24. The average Bonchev–Trinajstić information content (AvgIpc) is 2.82. The summed E-state index contributed by atoms with van der Waals surface area (Å²) in [5.41, 5.74) is 0. The van der Waals surface area contributed by atoms with E-state index in [1.165, 1.54) is 35.3 Å². The number of piperidine rings is 1. The zero-order valence-electron chi connectivity index (χ0n) is 11.5. The third-order valence-electron chi connectivity index (χ3n) is 3.53. The molecule has 3 nitrogen and oxygen atoms in total. The maximum Gasteiger partial charge on any atom is 0.0589 e. The van der Waals surface area contributed by atoms with Crippen molar-refractivity contribution in [1.29, 1.82) is 0 Å². The predicted molar refractivity (Wildman–Crippen MR) is 84.8 cm³/mol. The van der Waals surface area contributed by atoms with Gasteiger partial charge in [-0.15, -0.1) is 11.3 Å². The van der Waals surface area contributed by atoms with Crippen molar-refractivity contribution in [2.24, 2.45) is 5.92 Å². The molecule has 1 fully saturated rings. The molecule has 1 unspecified atom stereocenters. The summed E-state index contributed by atoms with van der Waals surface area (Å²) in [5, 5.41) is 5.66. The van der Waals surface area contributed by atoms with Crippen molar-refractivity contribution in [2.45, 2.75) is 19.4 Å². The van der Waals surface area contributed by atoms with Gasteiger partial charge in [-0.3, -0.25) is 4.90 Å². The van der Waals surface area contributed by atoms with E-state index in [9.17, 15) is 0 Å². The lowest BCUT2D eigenvalue weighted by molar-refractivity contribution is 0.128. The van der Waals surface area contributed by atoms with Crippen LogP contribution in [0.3, 0.4) is 0 Å². The van der Waals surface area contributed by atoms with Gasteiger partial charge in [-0.2, -0.15) is 0 Å². The van der Waals surface area contributed by atoms with Gasteiger partial charge in [0.1, 0.15) is 0 Å². The predicted octanol–water partition coefficient (Wildman–Crippen LogP) is 2.96. The summed E-state index contributed by atoms with van der Waals surface area (Å²) in [6.07, 6.45) is 2.66. The Bertz CT molecular complexity index is 366. The van der Waals surface area contributed by atoms with E-state index in [1.807, 2.05) is 11.3 Å². The average molecular weight is 347 g/mol. The van der Waals surface area contributed by atoms with E-state index in [1.54, 1.807) is 7.11 Å². The van der Waals surface area contributed by atoms with E-state index in [0.29, 0.717) is 0 Å². The van der Waals surface area contributed by atoms with Crippen LogP contribution in [0.4, 0.5) is 0 Å². The minimum absolute atomic E-state index is 0.786. The second-order valence-corrected chi connectivity index (χ2v) is 7.08. The molecule has 0 radical (unpaired) electrons. The molecule has 1 N–H and O–H groups in total. The van der Waals surface area contributed by atoms with Gasteiger partial charge in [0.25, 0.3) is 0 Å². The molecule has 1 aromatic heterocycles. The Balaban J connectivity index is 1.86. The van der Waals surface area contributed by atoms with E-state index in [-0.39, 0.29) is 0 Å². The molecule has 2 heterocycles. The minimum atomic E-state index is 0.786. The van der Waals surface area contributed by atoms with Crippen LogP contribution in [0.5, 0.6) is 0 Å². The molecule has 2 rings (SSSR count). The van der Waals surface area contributed by atoms with E-state index in [4.69, 9.17) is 4.74 Å². The normalized spacial score (nSPS) is 20.1. The van der Waals surface area contributed by atoms with E-state index in [0.717, 1.165) is 32.2 Å². The monoisotopic (exact) mass is 346 g/mol. The Morgan fingerprint density at radius 3 is 3.11 bits per heavy atom. The smallest absolute Gasteiger partial charge is 0.0589 e. The topological polar surface area (TPSA) is 24.5 Å². The van der Waals surface area contributed by atoms with Crippen LogP contribution in [0.25, 0.3) is 0 Å². The SMILES string of the molecule is COCCN(Cc1cc(Br)cs1)CC1CCCNC1. The van der Waals surface area contributed by atoms with Crippen molar-refractivity contribution in [3.05, 3.63) is 20.8 Å². The molecule has 0 bridgehead atoms. The van der Waals surface area contributed by atoms with Gasteiger partial charge in [-0.05, 0) is 53.8 Å². The highest BCUT2D eigenvalue weighted by Crippen LogP contribution is 2.22. The van der Waals surface area contributed by atoms with Crippen molar-refractivity contribution < 1.29 is 4.74 Å². The van der Waals surface area contributed by atoms with Crippen molar-refractivity contribution in [2.75, 3.05) is 39.9 Å². The Hall–Kier alpha value is 0.0600. The van der Waals surface area contributed by atoms with Crippen LogP contribution >= 0.6 is 27.3 Å².